The number of rotatable bonds is 5. The van der Waals surface area contributed by atoms with Crippen molar-refractivity contribution in [2.45, 2.75) is 38.5 Å². The monoisotopic (exact) mass is 444 g/mol. The molecule has 1 saturated carbocycles. The van der Waals surface area contributed by atoms with Crippen LogP contribution in [0.3, 0.4) is 0 Å². The molecule has 1 aromatic carbocycles. The van der Waals surface area contributed by atoms with Crippen LogP contribution >= 0.6 is 22.9 Å². The molecular weight excluding hydrogens is 420 g/mol. The van der Waals surface area contributed by atoms with E-state index in [9.17, 15) is 14.7 Å². The van der Waals surface area contributed by atoms with Crippen LogP contribution in [0.5, 0.6) is 0 Å². The molecule has 2 aliphatic rings. The minimum Gasteiger partial charge on any atom is -0.481 e. The Kier molecular flexibility index (Phi) is 6.54. The Morgan fingerprint density at radius 1 is 1.23 bits per heavy atom. The van der Waals surface area contributed by atoms with Crippen molar-refractivity contribution < 1.29 is 14.7 Å². The van der Waals surface area contributed by atoms with Crippen LogP contribution in [0.1, 0.15) is 38.5 Å². The molecule has 30 heavy (non-hydrogen) atoms. The van der Waals surface area contributed by atoms with Gasteiger partial charge in [0.25, 0.3) is 0 Å². The molecule has 0 saturated heterocycles. The van der Waals surface area contributed by atoms with Gasteiger partial charge in [0.1, 0.15) is 0 Å². The van der Waals surface area contributed by atoms with Crippen LogP contribution in [-0.4, -0.2) is 28.5 Å². The van der Waals surface area contributed by atoms with Crippen LogP contribution in [0.15, 0.2) is 41.8 Å². The SMILES string of the molecule is O=C(O)C[C@@H]1C(=O)N(c2nc(-c3ccccc3Cl)cs2)CC=CC[C@H]1C1CCCC1. The molecule has 2 heterocycles. The van der Waals surface area contributed by atoms with Crippen LogP contribution in [0.25, 0.3) is 11.3 Å². The highest BCUT2D eigenvalue weighted by Gasteiger charge is 2.39. The summed E-state index contributed by atoms with van der Waals surface area (Å²) in [6, 6.07) is 7.49. The number of carboxylic acids is 1. The number of thiazole rings is 1. The molecule has 1 N–H and O–H groups in total. The number of aliphatic carboxylic acids is 1. The maximum absolute atomic E-state index is 13.6. The molecule has 1 aromatic heterocycles. The third-order valence-electron chi connectivity index (χ3n) is 6.24. The Labute approximate surface area is 185 Å². The first kappa shape index (κ1) is 21.1. The average Bonchev–Trinajstić information content (AvgIpc) is 3.40. The van der Waals surface area contributed by atoms with Crippen molar-refractivity contribution in [2.75, 3.05) is 11.4 Å². The van der Waals surface area contributed by atoms with Crippen molar-refractivity contribution in [1.29, 1.82) is 0 Å². The van der Waals surface area contributed by atoms with Crippen LogP contribution in [0.2, 0.25) is 5.02 Å². The van der Waals surface area contributed by atoms with Gasteiger partial charge in [-0.15, -0.1) is 11.3 Å². The molecular formula is C23H25ClN2O3S. The number of carbonyl (C=O) groups is 2. The predicted molar refractivity (Wildman–Crippen MR) is 120 cm³/mol. The van der Waals surface area contributed by atoms with E-state index < -0.39 is 11.9 Å². The van der Waals surface area contributed by atoms with Gasteiger partial charge < -0.3 is 5.11 Å². The Balaban J connectivity index is 1.65. The first-order chi connectivity index (χ1) is 14.5. The van der Waals surface area contributed by atoms with E-state index in [2.05, 4.69) is 11.1 Å². The number of carbonyl (C=O) groups excluding carboxylic acids is 1. The molecule has 1 aliphatic carbocycles. The lowest BCUT2D eigenvalue weighted by Gasteiger charge is -2.34. The third kappa shape index (κ3) is 4.44. The smallest absolute Gasteiger partial charge is 0.304 e. The van der Waals surface area contributed by atoms with E-state index in [0.717, 1.165) is 43.4 Å². The van der Waals surface area contributed by atoms with Gasteiger partial charge in [0.05, 0.1) is 18.0 Å². The van der Waals surface area contributed by atoms with Gasteiger partial charge in [0.2, 0.25) is 5.91 Å². The van der Waals surface area contributed by atoms with Gasteiger partial charge in [-0.05, 0) is 24.3 Å². The molecule has 2 atom stereocenters. The van der Waals surface area contributed by atoms with E-state index >= 15 is 0 Å². The van der Waals surface area contributed by atoms with Gasteiger partial charge in [-0.1, -0.05) is 67.6 Å². The van der Waals surface area contributed by atoms with Crippen LogP contribution in [-0.2, 0) is 9.59 Å². The van der Waals surface area contributed by atoms with Crippen molar-refractivity contribution in [3.63, 3.8) is 0 Å². The number of allylic oxidation sites excluding steroid dienone is 1. The van der Waals surface area contributed by atoms with E-state index in [1.54, 1.807) is 4.90 Å². The zero-order chi connectivity index (χ0) is 21.1. The summed E-state index contributed by atoms with van der Waals surface area (Å²) in [6.07, 6.45) is 9.24. The lowest BCUT2D eigenvalue weighted by molar-refractivity contribution is -0.142. The maximum Gasteiger partial charge on any atom is 0.304 e. The summed E-state index contributed by atoms with van der Waals surface area (Å²) in [7, 11) is 0. The van der Waals surface area contributed by atoms with Gasteiger partial charge in [0, 0.05) is 22.5 Å². The molecule has 1 amide bonds. The van der Waals surface area contributed by atoms with Gasteiger partial charge >= 0.3 is 5.97 Å². The van der Waals surface area contributed by atoms with Gasteiger partial charge in [-0.3, -0.25) is 14.5 Å². The fourth-order valence-electron chi connectivity index (χ4n) is 4.76. The lowest BCUT2D eigenvalue weighted by Crippen LogP contribution is -2.43. The highest BCUT2D eigenvalue weighted by molar-refractivity contribution is 7.14. The zero-order valence-electron chi connectivity index (χ0n) is 16.7. The van der Waals surface area contributed by atoms with Crippen LogP contribution in [0, 0.1) is 17.8 Å². The molecule has 7 heteroatoms. The van der Waals surface area contributed by atoms with Crippen molar-refractivity contribution >= 4 is 39.9 Å². The number of hydrogen-bond donors (Lipinski definition) is 1. The summed E-state index contributed by atoms with van der Waals surface area (Å²) < 4.78 is 0. The average molecular weight is 445 g/mol. The van der Waals surface area contributed by atoms with Crippen LogP contribution in [0.4, 0.5) is 5.13 Å². The van der Waals surface area contributed by atoms with Crippen molar-refractivity contribution in [2.24, 2.45) is 17.8 Å². The molecule has 2 aromatic rings. The summed E-state index contributed by atoms with van der Waals surface area (Å²) in [5.74, 6) is -1.09. The quantitative estimate of drug-likeness (QED) is 0.604. The second-order valence-corrected chi connectivity index (χ2v) is 9.31. The predicted octanol–water partition coefficient (Wildman–Crippen LogP) is 5.65. The molecule has 0 spiro atoms. The fourth-order valence-corrected chi connectivity index (χ4v) is 5.83. The number of amides is 1. The largest absolute Gasteiger partial charge is 0.481 e. The van der Waals surface area contributed by atoms with E-state index in [1.807, 2.05) is 35.7 Å². The summed E-state index contributed by atoms with van der Waals surface area (Å²) >= 11 is 7.70. The minimum absolute atomic E-state index is 0.0677. The second kappa shape index (κ2) is 9.31. The number of carboxylic acid groups (broad SMARTS) is 1. The van der Waals surface area contributed by atoms with E-state index in [4.69, 9.17) is 11.6 Å². The summed E-state index contributed by atoms with van der Waals surface area (Å²) in [6.45, 7) is 0.405. The number of nitrogens with zero attached hydrogens (tertiary/aromatic N) is 2. The highest BCUT2D eigenvalue weighted by atomic mass is 35.5. The minimum atomic E-state index is -0.920. The zero-order valence-corrected chi connectivity index (χ0v) is 18.2. The molecule has 0 bridgehead atoms. The molecule has 1 fully saturated rings. The van der Waals surface area contributed by atoms with E-state index in [1.165, 1.54) is 11.3 Å². The lowest BCUT2D eigenvalue weighted by atomic mass is 9.75. The van der Waals surface area contributed by atoms with Crippen molar-refractivity contribution in [3.8, 4) is 11.3 Å². The standard InChI is InChI=1S/C23H25ClN2O3S/c24-19-11-4-3-10-17(19)20-14-30-23(25-20)26-12-6-5-9-16(15-7-1-2-8-15)18(22(26)29)13-21(27)28/h3-6,10-11,14-16,18H,1-2,7-9,12-13H2,(H,27,28)/t16-,18-/m0/s1. The van der Waals surface area contributed by atoms with Crippen molar-refractivity contribution in [1.82, 2.24) is 4.98 Å². The number of anilines is 1. The van der Waals surface area contributed by atoms with Gasteiger partial charge in [0.15, 0.2) is 5.13 Å². The maximum atomic E-state index is 13.6. The van der Waals surface area contributed by atoms with Gasteiger partial charge in [-0.25, -0.2) is 4.98 Å². The topological polar surface area (TPSA) is 70.5 Å². The Morgan fingerprint density at radius 2 is 2.00 bits per heavy atom. The van der Waals surface area contributed by atoms with E-state index in [-0.39, 0.29) is 18.2 Å². The van der Waals surface area contributed by atoms with E-state index in [0.29, 0.717) is 22.6 Å². The number of aromatic nitrogens is 1. The Morgan fingerprint density at radius 3 is 2.73 bits per heavy atom. The summed E-state index contributed by atoms with van der Waals surface area (Å²) in [4.78, 5) is 31.5. The molecule has 0 radical (unpaired) electrons. The second-order valence-electron chi connectivity index (χ2n) is 8.06. The molecule has 0 unspecified atom stereocenters. The molecule has 158 valence electrons. The first-order valence-electron chi connectivity index (χ1n) is 10.4. The number of hydrogen-bond acceptors (Lipinski definition) is 4. The normalized spacial score (nSPS) is 22.8. The summed E-state index contributed by atoms with van der Waals surface area (Å²) in [5.41, 5.74) is 1.55. The number of benzene rings is 1. The Bertz CT molecular complexity index is 951. The highest BCUT2D eigenvalue weighted by Crippen LogP contribution is 2.41. The third-order valence-corrected chi connectivity index (χ3v) is 7.43. The molecule has 5 nitrogen and oxygen atoms in total. The summed E-state index contributed by atoms with van der Waals surface area (Å²) in [5, 5.41) is 12.6. The van der Waals surface area contributed by atoms with Crippen LogP contribution < -0.4 is 4.90 Å². The Hall–Kier alpha value is -2.18. The number of halogens is 1. The molecule has 1 aliphatic heterocycles. The fraction of sp³-hybridized carbons (Fsp3) is 0.435. The van der Waals surface area contributed by atoms with Gasteiger partial charge in [-0.2, -0.15) is 0 Å². The van der Waals surface area contributed by atoms with Crippen molar-refractivity contribution in [3.05, 3.63) is 46.8 Å². The molecule has 4 rings (SSSR count). The first-order valence-corrected chi connectivity index (χ1v) is 11.7.